The number of hydrogen-bond donors (Lipinski definition) is 6. The van der Waals surface area contributed by atoms with E-state index in [0.29, 0.717) is 0 Å². The molecule has 0 saturated carbocycles. The molecule has 1 amide bonds. The van der Waals surface area contributed by atoms with Gasteiger partial charge in [0.1, 0.15) is 24.4 Å². The number of amides is 1. The van der Waals surface area contributed by atoms with E-state index in [1.54, 1.807) is 0 Å². The van der Waals surface area contributed by atoms with Crippen molar-refractivity contribution in [3.05, 3.63) is 17.0 Å². The second-order valence-corrected chi connectivity index (χ2v) is 4.25. The predicted octanol–water partition coefficient (Wildman–Crippen LogP) is -2.85. The van der Waals surface area contributed by atoms with Gasteiger partial charge in [-0.2, -0.15) is 5.10 Å². The second-order valence-electron chi connectivity index (χ2n) is 4.25. The van der Waals surface area contributed by atoms with Crippen LogP contribution in [-0.2, 0) is 11.3 Å². The molecule has 0 aromatic carbocycles. The number of rotatable bonds is 4. The normalized spacial score (nSPS) is 30.7. The van der Waals surface area contributed by atoms with Gasteiger partial charge in [-0.05, 0) is 0 Å². The molecule has 2 rings (SSSR count). The summed E-state index contributed by atoms with van der Waals surface area (Å²) in [5.41, 5.74) is 5.19. The Bertz CT molecular complexity index is 476. The first kappa shape index (κ1) is 13.9. The van der Waals surface area contributed by atoms with E-state index in [1.807, 2.05) is 0 Å². The molecule has 0 radical (unpaired) electrons. The molecule has 0 bridgehead atoms. The van der Waals surface area contributed by atoms with Gasteiger partial charge in [0.15, 0.2) is 5.69 Å². The van der Waals surface area contributed by atoms with Gasteiger partial charge < -0.3 is 30.9 Å². The Morgan fingerprint density at radius 3 is 2.53 bits per heavy atom. The molecule has 19 heavy (non-hydrogen) atoms. The highest BCUT2D eigenvalue weighted by Gasteiger charge is 2.45. The van der Waals surface area contributed by atoms with Crippen molar-refractivity contribution in [1.29, 1.82) is 0 Å². The summed E-state index contributed by atoms with van der Waals surface area (Å²) in [6, 6.07) is 0. The van der Waals surface area contributed by atoms with Gasteiger partial charge in [0.2, 0.25) is 0 Å². The van der Waals surface area contributed by atoms with Crippen LogP contribution in [0.3, 0.4) is 0 Å². The number of primary amides is 1. The van der Waals surface area contributed by atoms with Gasteiger partial charge >= 0.3 is 0 Å². The van der Waals surface area contributed by atoms with Gasteiger partial charge in [-0.1, -0.05) is 0 Å². The molecule has 2 heterocycles. The van der Waals surface area contributed by atoms with Crippen molar-refractivity contribution in [2.45, 2.75) is 31.0 Å². The van der Waals surface area contributed by atoms with Gasteiger partial charge in [0.25, 0.3) is 5.91 Å². The Morgan fingerprint density at radius 2 is 2.05 bits per heavy atom. The lowest BCUT2D eigenvalue weighted by molar-refractivity contribution is -0.0244. The van der Waals surface area contributed by atoms with Gasteiger partial charge in [-0.25, -0.2) is 0 Å². The first-order valence-corrected chi connectivity index (χ1v) is 5.61. The predicted molar refractivity (Wildman–Crippen MR) is 59.7 cm³/mol. The number of aromatic amines is 1. The van der Waals surface area contributed by atoms with E-state index in [2.05, 4.69) is 10.2 Å². The number of aromatic nitrogens is 2. The molecule has 0 spiro atoms. The summed E-state index contributed by atoms with van der Waals surface area (Å²) in [7, 11) is 0. The van der Waals surface area contributed by atoms with Crippen molar-refractivity contribution in [3.63, 3.8) is 0 Å². The van der Waals surface area contributed by atoms with Crippen LogP contribution in [0.2, 0.25) is 0 Å². The van der Waals surface area contributed by atoms with Crippen molar-refractivity contribution in [1.82, 2.24) is 10.2 Å². The molecular weight excluding hydrogens is 258 g/mol. The van der Waals surface area contributed by atoms with Gasteiger partial charge in [0.05, 0.1) is 18.9 Å². The minimum Gasteiger partial charge on any atom is -0.394 e. The van der Waals surface area contributed by atoms with E-state index >= 15 is 0 Å². The largest absolute Gasteiger partial charge is 0.394 e. The molecular formula is C10H15N3O6. The lowest BCUT2D eigenvalue weighted by atomic mass is 10.0. The Balaban J connectivity index is 2.35. The zero-order valence-electron chi connectivity index (χ0n) is 9.85. The van der Waals surface area contributed by atoms with Crippen LogP contribution in [0.25, 0.3) is 0 Å². The average molecular weight is 273 g/mol. The number of hydrogen-bond acceptors (Lipinski definition) is 7. The Labute approximate surface area is 107 Å². The van der Waals surface area contributed by atoms with Crippen molar-refractivity contribution >= 4 is 5.91 Å². The lowest BCUT2D eigenvalue weighted by Gasteiger charge is -2.14. The number of aliphatic hydroxyl groups excluding tert-OH is 4. The Morgan fingerprint density at radius 1 is 1.37 bits per heavy atom. The van der Waals surface area contributed by atoms with E-state index in [1.165, 1.54) is 0 Å². The third-order valence-corrected chi connectivity index (χ3v) is 3.12. The highest BCUT2D eigenvalue weighted by atomic mass is 16.6. The zero-order valence-corrected chi connectivity index (χ0v) is 9.85. The summed E-state index contributed by atoms with van der Waals surface area (Å²) in [4.78, 5) is 11.1. The maximum absolute atomic E-state index is 11.1. The maximum Gasteiger partial charge on any atom is 0.269 e. The number of ether oxygens (including phenoxy) is 1. The number of nitrogens with zero attached hydrogens (tertiary/aromatic N) is 1. The molecule has 9 nitrogen and oxygen atoms in total. The van der Waals surface area contributed by atoms with E-state index in [4.69, 9.17) is 15.6 Å². The van der Waals surface area contributed by atoms with Crippen molar-refractivity contribution in [2.75, 3.05) is 6.61 Å². The SMILES string of the molecule is NC(=O)c1n[nH]c([C@@H]2O[C@H](CO)[C@@H](O)[C@H]2O)c1CO. The Kier molecular flexibility index (Phi) is 3.83. The Hall–Kier alpha value is -1.52. The molecule has 106 valence electrons. The quantitative estimate of drug-likeness (QED) is 0.344. The number of aliphatic hydroxyl groups is 4. The number of H-pyrrole nitrogens is 1. The van der Waals surface area contributed by atoms with Gasteiger partial charge in [-0.15, -0.1) is 0 Å². The van der Waals surface area contributed by atoms with Crippen molar-refractivity contribution in [3.8, 4) is 0 Å². The van der Waals surface area contributed by atoms with E-state index in [0.717, 1.165) is 0 Å². The minimum absolute atomic E-state index is 0.0994. The summed E-state index contributed by atoms with van der Waals surface area (Å²) in [5.74, 6) is -0.835. The highest BCUT2D eigenvalue weighted by molar-refractivity contribution is 5.92. The third kappa shape index (κ3) is 2.22. The molecule has 9 heteroatoms. The van der Waals surface area contributed by atoms with Crippen molar-refractivity contribution in [2.24, 2.45) is 5.73 Å². The van der Waals surface area contributed by atoms with Crippen molar-refractivity contribution < 1.29 is 30.0 Å². The van der Waals surface area contributed by atoms with E-state index in [-0.39, 0.29) is 17.0 Å². The standard InChI is InChI=1S/C10H15N3O6/c11-10(18)6-3(1-14)5(12-13-6)9-8(17)7(16)4(2-15)19-9/h4,7-9,14-17H,1-2H2,(H2,11,18)(H,12,13)/t4-,7-,8-,9+/m1/s1. The van der Waals surface area contributed by atoms with Crippen LogP contribution in [0.1, 0.15) is 27.8 Å². The molecule has 1 aliphatic heterocycles. The summed E-state index contributed by atoms with van der Waals surface area (Å²) < 4.78 is 5.27. The molecule has 1 aromatic heterocycles. The molecule has 7 N–H and O–H groups in total. The second kappa shape index (κ2) is 5.23. The first-order chi connectivity index (χ1) is 9.01. The number of carbonyl (C=O) groups is 1. The van der Waals surface area contributed by atoms with Crippen LogP contribution in [-0.4, -0.2) is 61.4 Å². The van der Waals surface area contributed by atoms with Gasteiger partial charge in [0, 0.05) is 5.56 Å². The summed E-state index contributed by atoms with van der Waals surface area (Å²) >= 11 is 0. The van der Waals surface area contributed by atoms with Gasteiger partial charge in [-0.3, -0.25) is 9.89 Å². The van der Waals surface area contributed by atoms with Crippen LogP contribution in [0, 0.1) is 0 Å². The molecule has 1 saturated heterocycles. The summed E-state index contributed by atoms with van der Waals surface area (Å²) in [5, 5.41) is 43.8. The fourth-order valence-electron chi connectivity index (χ4n) is 2.12. The minimum atomic E-state index is -1.32. The maximum atomic E-state index is 11.1. The molecule has 1 aromatic rings. The number of nitrogens with two attached hydrogens (primary N) is 1. The fraction of sp³-hybridized carbons (Fsp3) is 0.600. The highest BCUT2D eigenvalue weighted by Crippen LogP contribution is 2.34. The van der Waals surface area contributed by atoms with Crippen LogP contribution < -0.4 is 5.73 Å². The molecule has 0 unspecified atom stereocenters. The first-order valence-electron chi connectivity index (χ1n) is 5.61. The van der Waals surface area contributed by atoms with Crippen LogP contribution in [0.15, 0.2) is 0 Å². The summed E-state index contributed by atoms with van der Waals surface area (Å²) in [6.45, 7) is -1.00. The van der Waals surface area contributed by atoms with E-state index < -0.39 is 43.5 Å². The molecule has 4 atom stereocenters. The van der Waals surface area contributed by atoms with Crippen LogP contribution in [0.4, 0.5) is 0 Å². The third-order valence-electron chi connectivity index (χ3n) is 3.12. The molecule has 0 aliphatic carbocycles. The molecule has 1 aliphatic rings. The summed E-state index contributed by atoms with van der Waals surface area (Å²) in [6.07, 6.45) is -4.58. The smallest absolute Gasteiger partial charge is 0.269 e. The zero-order chi connectivity index (χ0) is 14.2. The number of nitrogens with one attached hydrogen (secondary N) is 1. The van der Waals surface area contributed by atoms with Crippen LogP contribution in [0.5, 0.6) is 0 Å². The van der Waals surface area contributed by atoms with Crippen LogP contribution >= 0.6 is 0 Å². The average Bonchev–Trinajstić information content (AvgIpc) is 2.92. The topological polar surface area (TPSA) is 162 Å². The lowest BCUT2D eigenvalue weighted by Crippen LogP contribution is -2.32. The monoisotopic (exact) mass is 273 g/mol. The fourth-order valence-corrected chi connectivity index (χ4v) is 2.12. The molecule has 1 fully saturated rings. The number of carbonyl (C=O) groups excluding carboxylic acids is 1. The van der Waals surface area contributed by atoms with E-state index in [9.17, 15) is 20.1 Å².